The predicted octanol–water partition coefficient (Wildman–Crippen LogP) is 2.47. The van der Waals surface area contributed by atoms with Crippen LogP contribution in [-0.2, 0) is 6.54 Å². The molecule has 1 aromatic rings. The highest BCUT2D eigenvalue weighted by molar-refractivity contribution is 5.15. The molecule has 2 fully saturated rings. The van der Waals surface area contributed by atoms with Crippen LogP contribution in [0, 0.1) is 0 Å². The van der Waals surface area contributed by atoms with Crippen LogP contribution >= 0.6 is 0 Å². The maximum absolute atomic E-state index is 5.78. The third-order valence-corrected chi connectivity index (χ3v) is 5.32. The first-order valence-corrected chi connectivity index (χ1v) is 8.54. The van der Waals surface area contributed by atoms with Crippen molar-refractivity contribution in [2.24, 2.45) is 5.73 Å². The molecular formula is C18H29N3. The Hall–Kier alpha value is -0.900. The van der Waals surface area contributed by atoms with E-state index in [9.17, 15) is 0 Å². The normalized spacial score (nSPS) is 23.5. The van der Waals surface area contributed by atoms with Crippen molar-refractivity contribution in [3.05, 3.63) is 35.9 Å². The fourth-order valence-corrected chi connectivity index (χ4v) is 4.20. The van der Waals surface area contributed by atoms with E-state index in [1.54, 1.807) is 0 Å². The zero-order valence-corrected chi connectivity index (χ0v) is 13.1. The summed E-state index contributed by atoms with van der Waals surface area (Å²) >= 11 is 0. The van der Waals surface area contributed by atoms with Gasteiger partial charge in [0.1, 0.15) is 0 Å². The Morgan fingerprint density at radius 3 is 2.48 bits per heavy atom. The summed E-state index contributed by atoms with van der Waals surface area (Å²) in [5.74, 6) is 0. The van der Waals surface area contributed by atoms with Gasteiger partial charge in [0.15, 0.2) is 0 Å². The smallest absolute Gasteiger partial charge is 0.0340 e. The van der Waals surface area contributed by atoms with Gasteiger partial charge in [0.25, 0.3) is 0 Å². The Morgan fingerprint density at radius 2 is 1.76 bits per heavy atom. The molecular weight excluding hydrogens is 258 g/mol. The summed E-state index contributed by atoms with van der Waals surface area (Å²) in [4.78, 5) is 5.36. The number of hydrogen-bond donors (Lipinski definition) is 1. The Kier molecular flexibility index (Phi) is 4.94. The van der Waals surface area contributed by atoms with E-state index in [2.05, 4.69) is 40.1 Å². The first-order chi connectivity index (χ1) is 10.3. The minimum atomic E-state index is 0.404. The van der Waals surface area contributed by atoms with Gasteiger partial charge in [-0.05, 0) is 18.4 Å². The van der Waals surface area contributed by atoms with Crippen molar-refractivity contribution >= 4 is 0 Å². The van der Waals surface area contributed by atoms with Gasteiger partial charge in [0.05, 0.1) is 0 Å². The number of rotatable bonds is 4. The van der Waals surface area contributed by atoms with E-state index in [0.717, 1.165) is 19.6 Å². The molecule has 3 heteroatoms. The summed E-state index contributed by atoms with van der Waals surface area (Å²) < 4.78 is 0. The minimum absolute atomic E-state index is 0.404. The third-order valence-electron chi connectivity index (χ3n) is 5.32. The van der Waals surface area contributed by atoms with Gasteiger partial charge >= 0.3 is 0 Å². The van der Waals surface area contributed by atoms with E-state index in [1.165, 1.54) is 57.3 Å². The summed E-state index contributed by atoms with van der Waals surface area (Å²) in [7, 11) is 0. The van der Waals surface area contributed by atoms with Gasteiger partial charge < -0.3 is 5.73 Å². The standard InChI is InChI=1S/C18H29N3/c19-11-12-20-13-14-21(15-17-7-3-1-4-8-17)18(16-20)9-5-2-6-10-18/h1,3-4,7-8H,2,5-6,9-16,19H2. The molecule has 116 valence electrons. The van der Waals surface area contributed by atoms with Crippen LogP contribution in [-0.4, -0.2) is 48.1 Å². The second-order valence-corrected chi connectivity index (χ2v) is 6.76. The Morgan fingerprint density at radius 1 is 1.00 bits per heavy atom. The fraction of sp³-hybridized carbons (Fsp3) is 0.667. The van der Waals surface area contributed by atoms with Gasteiger partial charge in [-0.15, -0.1) is 0 Å². The van der Waals surface area contributed by atoms with Crippen LogP contribution in [0.1, 0.15) is 37.7 Å². The second kappa shape index (κ2) is 6.91. The molecule has 0 amide bonds. The molecule has 3 rings (SSSR count). The average molecular weight is 287 g/mol. The van der Waals surface area contributed by atoms with Crippen molar-refractivity contribution in [2.45, 2.75) is 44.2 Å². The van der Waals surface area contributed by atoms with Crippen LogP contribution in [0.2, 0.25) is 0 Å². The van der Waals surface area contributed by atoms with Crippen molar-refractivity contribution in [3.63, 3.8) is 0 Å². The van der Waals surface area contributed by atoms with Crippen LogP contribution in [0.3, 0.4) is 0 Å². The van der Waals surface area contributed by atoms with E-state index in [-0.39, 0.29) is 0 Å². The van der Waals surface area contributed by atoms with Gasteiger partial charge in [0.2, 0.25) is 0 Å². The summed E-state index contributed by atoms with van der Waals surface area (Å²) in [5.41, 5.74) is 7.64. The molecule has 1 aliphatic heterocycles. The summed E-state index contributed by atoms with van der Waals surface area (Å²) in [6, 6.07) is 11.0. The molecule has 0 unspecified atom stereocenters. The van der Waals surface area contributed by atoms with E-state index in [0.29, 0.717) is 5.54 Å². The van der Waals surface area contributed by atoms with Gasteiger partial charge in [-0.2, -0.15) is 0 Å². The van der Waals surface area contributed by atoms with Crippen LogP contribution in [0.4, 0.5) is 0 Å². The molecule has 0 bridgehead atoms. The first-order valence-electron chi connectivity index (χ1n) is 8.54. The lowest BCUT2D eigenvalue weighted by Crippen LogP contribution is -2.62. The number of benzene rings is 1. The van der Waals surface area contributed by atoms with Crippen molar-refractivity contribution in [2.75, 3.05) is 32.7 Å². The highest BCUT2D eigenvalue weighted by Crippen LogP contribution is 2.37. The minimum Gasteiger partial charge on any atom is -0.329 e. The van der Waals surface area contributed by atoms with Gasteiger partial charge in [-0.1, -0.05) is 49.6 Å². The van der Waals surface area contributed by atoms with Crippen molar-refractivity contribution in [3.8, 4) is 0 Å². The van der Waals surface area contributed by atoms with E-state index in [4.69, 9.17) is 5.73 Å². The Balaban J connectivity index is 1.74. The number of piperazine rings is 1. The maximum atomic E-state index is 5.78. The van der Waals surface area contributed by atoms with Crippen LogP contribution < -0.4 is 5.73 Å². The topological polar surface area (TPSA) is 32.5 Å². The zero-order valence-electron chi connectivity index (χ0n) is 13.1. The lowest BCUT2D eigenvalue weighted by atomic mass is 9.78. The van der Waals surface area contributed by atoms with Gasteiger partial charge in [-0.25, -0.2) is 0 Å². The molecule has 1 spiro atoms. The molecule has 1 saturated carbocycles. The zero-order chi connectivity index (χ0) is 14.5. The summed E-state index contributed by atoms with van der Waals surface area (Å²) in [6.07, 6.45) is 6.92. The van der Waals surface area contributed by atoms with Gasteiger partial charge in [-0.3, -0.25) is 9.80 Å². The maximum Gasteiger partial charge on any atom is 0.0340 e. The van der Waals surface area contributed by atoms with Gasteiger partial charge in [0, 0.05) is 44.8 Å². The molecule has 0 aromatic heterocycles. The third kappa shape index (κ3) is 3.47. The molecule has 1 saturated heterocycles. The van der Waals surface area contributed by atoms with Crippen molar-refractivity contribution in [1.82, 2.24) is 9.80 Å². The molecule has 0 radical (unpaired) electrons. The fourth-order valence-electron chi connectivity index (χ4n) is 4.20. The average Bonchev–Trinajstić information content (AvgIpc) is 2.52. The molecule has 0 atom stereocenters. The van der Waals surface area contributed by atoms with Crippen molar-refractivity contribution in [1.29, 1.82) is 0 Å². The predicted molar refractivity (Wildman–Crippen MR) is 88.2 cm³/mol. The Bertz CT molecular complexity index is 425. The molecule has 1 heterocycles. The van der Waals surface area contributed by atoms with Crippen molar-refractivity contribution < 1.29 is 0 Å². The van der Waals surface area contributed by atoms with E-state index < -0.39 is 0 Å². The summed E-state index contributed by atoms with van der Waals surface area (Å²) in [6.45, 7) is 6.53. The molecule has 2 aliphatic rings. The number of hydrogen-bond acceptors (Lipinski definition) is 3. The highest BCUT2D eigenvalue weighted by atomic mass is 15.3. The largest absolute Gasteiger partial charge is 0.329 e. The number of nitrogens with two attached hydrogens (primary N) is 1. The Labute approximate surface area is 129 Å². The van der Waals surface area contributed by atoms with Crippen LogP contribution in [0.15, 0.2) is 30.3 Å². The molecule has 21 heavy (non-hydrogen) atoms. The first kappa shape index (κ1) is 15.0. The highest BCUT2D eigenvalue weighted by Gasteiger charge is 2.41. The van der Waals surface area contributed by atoms with E-state index in [1.807, 2.05) is 0 Å². The second-order valence-electron chi connectivity index (χ2n) is 6.76. The lowest BCUT2D eigenvalue weighted by molar-refractivity contribution is -0.0313. The van der Waals surface area contributed by atoms with Crippen LogP contribution in [0.5, 0.6) is 0 Å². The summed E-state index contributed by atoms with van der Waals surface area (Å²) in [5, 5.41) is 0. The molecule has 2 N–H and O–H groups in total. The SMILES string of the molecule is NCCN1CCN(Cc2ccccc2)C2(CCCCC2)C1. The molecule has 1 aliphatic carbocycles. The van der Waals surface area contributed by atoms with Crippen LogP contribution in [0.25, 0.3) is 0 Å². The quantitative estimate of drug-likeness (QED) is 0.923. The number of nitrogens with zero attached hydrogens (tertiary/aromatic N) is 2. The molecule has 1 aromatic carbocycles. The molecule has 3 nitrogen and oxygen atoms in total. The monoisotopic (exact) mass is 287 g/mol. The lowest BCUT2D eigenvalue weighted by Gasteiger charge is -2.53. The van der Waals surface area contributed by atoms with E-state index >= 15 is 0 Å².